The van der Waals surface area contributed by atoms with Crippen molar-refractivity contribution < 1.29 is 9.84 Å². The number of halogens is 1. The number of aromatic amines is 1. The Morgan fingerprint density at radius 3 is 2.94 bits per heavy atom. The van der Waals surface area contributed by atoms with Gasteiger partial charge in [0, 0.05) is 18.0 Å². The number of hydrogen-bond acceptors (Lipinski definition) is 3. The number of aromatic hydroxyl groups is 1. The molecule has 0 saturated heterocycles. The summed E-state index contributed by atoms with van der Waals surface area (Å²) in [6.45, 7) is 2.37. The molecular weight excluding hydrogens is 272 g/mol. The molecule has 0 aliphatic carbocycles. The van der Waals surface area contributed by atoms with Crippen LogP contribution in [0.2, 0.25) is 0 Å². The minimum atomic E-state index is 0.108. The number of ether oxygens (including phenoxy) is 1. The Labute approximate surface area is 101 Å². The van der Waals surface area contributed by atoms with Crippen molar-refractivity contribution in [2.75, 3.05) is 6.61 Å². The number of imidazole rings is 1. The highest BCUT2D eigenvalue weighted by molar-refractivity contribution is 9.10. The minimum absolute atomic E-state index is 0.108. The van der Waals surface area contributed by atoms with E-state index in [0.717, 1.165) is 11.4 Å². The minimum Gasteiger partial charge on any atom is -0.503 e. The summed E-state index contributed by atoms with van der Waals surface area (Å²) in [6, 6.07) is 3.54. The Morgan fingerprint density at radius 1 is 1.50 bits per heavy atom. The van der Waals surface area contributed by atoms with Gasteiger partial charge in [0.2, 0.25) is 0 Å². The molecule has 4 nitrogen and oxygen atoms in total. The molecule has 1 aromatic heterocycles. The molecule has 5 heteroatoms. The summed E-state index contributed by atoms with van der Waals surface area (Å²) in [6.07, 6.45) is 3.42. The van der Waals surface area contributed by atoms with Crippen LogP contribution < -0.4 is 4.74 Å². The lowest BCUT2D eigenvalue weighted by Crippen LogP contribution is -1.93. The highest BCUT2D eigenvalue weighted by atomic mass is 79.9. The molecular formula is C11H11BrN2O2. The number of phenols is 1. The number of aromatic nitrogens is 2. The van der Waals surface area contributed by atoms with Crippen LogP contribution in [-0.2, 0) is 0 Å². The summed E-state index contributed by atoms with van der Waals surface area (Å²) in [5, 5.41) is 9.75. The molecule has 84 valence electrons. The lowest BCUT2D eigenvalue weighted by Gasteiger charge is -2.09. The second kappa shape index (κ2) is 4.57. The van der Waals surface area contributed by atoms with Crippen LogP contribution >= 0.6 is 15.9 Å². The first-order valence-corrected chi connectivity index (χ1v) is 5.66. The summed E-state index contributed by atoms with van der Waals surface area (Å²) < 4.78 is 5.92. The van der Waals surface area contributed by atoms with Gasteiger partial charge in [-0.3, -0.25) is 0 Å². The van der Waals surface area contributed by atoms with Crippen LogP contribution in [0, 0.1) is 0 Å². The van der Waals surface area contributed by atoms with E-state index >= 15 is 0 Å². The van der Waals surface area contributed by atoms with Crippen LogP contribution in [0.15, 0.2) is 29.0 Å². The zero-order chi connectivity index (χ0) is 11.5. The summed E-state index contributed by atoms with van der Waals surface area (Å²) in [5.41, 5.74) is 0.859. The van der Waals surface area contributed by atoms with Gasteiger partial charge in [0.15, 0.2) is 11.5 Å². The van der Waals surface area contributed by atoms with Gasteiger partial charge in [-0.15, -0.1) is 0 Å². The van der Waals surface area contributed by atoms with E-state index < -0.39 is 0 Å². The Kier molecular flexibility index (Phi) is 3.14. The Balaban J connectivity index is 2.48. The molecule has 0 atom stereocenters. The summed E-state index contributed by atoms with van der Waals surface area (Å²) in [5.74, 6) is 1.29. The number of benzene rings is 1. The molecule has 1 heterocycles. The maximum absolute atomic E-state index is 9.75. The molecule has 0 radical (unpaired) electrons. The number of phenolic OH excluding ortho intramolecular Hbond substituents is 1. The zero-order valence-electron chi connectivity index (χ0n) is 8.70. The van der Waals surface area contributed by atoms with E-state index in [2.05, 4.69) is 25.9 Å². The van der Waals surface area contributed by atoms with Crippen LogP contribution in [0.3, 0.4) is 0 Å². The number of nitrogens with zero attached hydrogens (tertiary/aromatic N) is 1. The van der Waals surface area contributed by atoms with Crippen molar-refractivity contribution in [3.05, 3.63) is 29.0 Å². The third kappa shape index (κ3) is 2.04. The molecule has 16 heavy (non-hydrogen) atoms. The maximum atomic E-state index is 9.75. The van der Waals surface area contributed by atoms with E-state index in [9.17, 15) is 5.11 Å². The van der Waals surface area contributed by atoms with Crippen molar-refractivity contribution in [1.29, 1.82) is 0 Å². The quantitative estimate of drug-likeness (QED) is 0.910. The molecule has 1 aromatic carbocycles. The highest BCUT2D eigenvalue weighted by Gasteiger charge is 2.11. The maximum Gasteiger partial charge on any atom is 0.172 e. The van der Waals surface area contributed by atoms with Gasteiger partial charge in [-0.05, 0) is 35.0 Å². The molecule has 0 amide bonds. The Hall–Kier alpha value is -1.49. The van der Waals surface area contributed by atoms with Gasteiger partial charge in [0.05, 0.1) is 11.1 Å². The van der Waals surface area contributed by atoms with E-state index in [1.165, 1.54) is 0 Å². The predicted octanol–water partition coefficient (Wildman–Crippen LogP) is 2.94. The van der Waals surface area contributed by atoms with E-state index in [0.29, 0.717) is 16.8 Å². The zero-order valence-corrected chi connectivity index (χ0v) is 10.3. The number of nitrogens with one attached hydrogen (secondary N) is 1. The standard InChI is InChI=1S/C11H11BrN2O2/c1-2-16-9-6-7(5-8(12)10(9)15)11-13-3-4-14-11/h3-6,15H,2H2,1H3,(H,13,14). The first-order chi connectivity index (χ1) is 7.72. The molecule has 0 spiro atoms. The van der Waals surface area contributed by atoms with Gasteiger partial charge in [-0.1, -0.05) is 0 Å². The van der Waals surface area contributed by atoms with E-state index in [4.69, 9.17) is 4.74 Å². The number of hydrogen-bond donors (Lipinski definition) is 2. The monoisotopic (exact) mass is 282 g/mol. The smallest absolute Gasteiger partial charge is 0.172 e. The second-order valence-electron chi connectivity index (χ2n) is 3.18. The molecule has 2 aromatic rings. The van der Waals surface area contributed by atoms with Crippen molar-refractivity contribution in [3.63, 3.8) is 0 Å². The first-order valence-electron chi connectivity index (χ1n) is 4.87. The highest BCUT2D eigenvalue weighted by Crippen LogP contribution is 2.37. The third-order valence-corrected chi connectivity index (χ3v) is 2.70. The molecule has 0 aliphatic rings. The average Bonchev–Trinajstić information content (AvgIpc) is 2.78. The molecule has 2 N–H and O–H groups in total. The van der Waals surface area contributed by atoms with Crippen molar-refractivity contribution in [1.82, 2.24) is 9.97 Å². The lowest BCUT2D eigenvalue weighted by molar-refractivity contribution is 0.317. The third-order valence-electron chi connectivity index (χ3n) is 2.10. The molecule has 0 aliphatic heterocycles. The van der Waals surface area contributed by atoms with Gasteiger partial charge in [0.1, 0.15) is 5.82 Å². The Morgan fingerprint density at radius 2 is 2.31 bits per heavy atom. The molecule has 0 bridgehead atoms. The summed E-state index contributed by atoms with van der Waals surface area (Å²) >= 11 is 3.28. The van der Waals surface area contributed by atoms with E-state index in [1.54, 1.807) is 24.5 Å². The Bertz CT molecular complexity index is 483. The fourth-order valence-corrected chi connectivity index (χ4v) is 1.84. The van der Waals surface area contributed by atoms with Gasteiger partial charge in [-0.2, -0.15) is 0 Å². The SMILES string of the molecule is CCOc1cc(-c2ncc[nH]2)cc(Br)c1O. The van der Waals surface area contributed by atoms with E-state index in [-0.39, 0.29) is 5.75 Å². The van der Waals surface area contributed by atoms with Crippen molar-refractivity contribution >= 4 is 15.9 Å². The molecule has 0 unspecified atom stereocenters. The van der Waals surface area contributed by atoms with Crippen molar-refractivity contribution in [2.45, 2.75) is 6.92 Å². The van der Waals surface area contributed by atoms with Crippen LogP contribution in [0.25, 0.3) is 11.4 Å². The van der Waals surface area contributed by atoms with Crippen LogP contribution in [0.1, 0.15) is 6.92 Å². The van der Waals surface area contributed by atoms with Crippen molar-refractivity contribution in [2.24, 2.45) is 0 Å². The lowest BCUT2D eigenvalue weighted by atomic mass is 10.2. The molecule has 0 saturated carbocycles. The fourth-order valence-electron chi connectivity index (χ4n) is 1.40. The van der Waals surface area contributed by atoms with E-state index in [1.807, 2.05) is 6.92 Å². The topological polar surface area (TPSA) is 58.1 Å². The fraction of sp³-hybridized carbons (Fsp3) is 0.182. The average molecular weight is 283 g/mol. The normalized spacial score (nSPS) is 10.4. The van der Waals surface area contributed by atoms with Crippen molar-refractivity contribution in [3.8, 4) is 22.9 Å². The van der Waals surface area contributed by atoms with Gasteiger partial charge >= 0.3 is 0 Å². The summed E-state index contributed by atoms with van der Waals surface area (Å²) in [7, 11) is 0. The largest absolute Gasteiger partial charge is 0.503 e. The predicted molar refractivity (Wildman–Crippen MR) is 64.6 cm³/mol. The number of rotatable bonds is 3. The van der Waals surface area contributed by atoms with Gasteiger partial charge < -0.3 is 14.8 Å². The molecule has 0 fully saturated rings. The first kappa shape index (κ1) is 11.0. The second-order valence-corrected chi connectivity index (χ2v) is 4.03. The van der Waals surface area contributed by atoms with Gasteiger partial charge in [0.25, 0.3) is 0 Å². The summed E-state index contributed by atoms with van der Waals surface area (Å²) in [4.78, 5) is 7.15. The van der Waals surface area contributed by atoms with Crippen LogP contribution in [0.5, 0.6) is 11.5 Å². The van der Waals surface area contributed by atoms with Crippen LogP contribution in [-0.4, -0.2) is 21.7 Å². The number of H-pyrrole nitrogens is 1. The van der Waals surface area contributed by atoms with Gasteiger partial charge in [-0.25, -0.2) is 4.98 Å². The molecule has 2 rings (SSSR count). The van der Waals surface area contributed by atoms with Crippen LogP contribution in [0.4, 0.5) is 0 Å².